The highest BCUT2D eigenvalue weighted by Crippen LogP contribution is 2.14. The van der Waals surface area contributed by atoms with E-state index in [0.717, 1.165) is 0 Å². The van der Waals surface area contributed by atoms with Crippen LogP contribution in [0.15, 0.2) is 12.1 Å². The number of rotatable bonds is 6. The Morgan fingerprint density at radius 2 is 1.79 bits per heavy atom. The van der Waals surface area contributed by atoms with Crippen molar-refractivity contribution in [3.05, 3.63) is 34.6 Å². The Balaban J connectivity index is 2.48. The lowest BCUT2D eigenvalue weighted by Gasteiger charge is -2.08. The highest BCUT2D eigenvalue weighted by Gasteiger charge is 2.10. The summed E-state index contributed by atoms with van der Waals surface area (Å²) in [6, 6.07) is 3.02. The number of halogens is 1. The molecule has 1 rings (SSSR count). The van der Waals surface area contributed by atoms with E-state index in [0.29, 0.717) is 36.1 Å². The lowest BCUT2D eigenvalue weighted by atomic mass is 10.1. The molecule has 0 saturated carbocycles. The number of benzene rings is 1. The molecule has 0 fully saturated rings. The molecule has 104 valence electrons. The zero-order chi connectivity index (χ0) is 14.4. The van der Waals surface area contributed by atoms with Gasteiger partial charge in [-0.1, -0.05) is 0 Å². The molecule has 4 nitrogen and oxygen atoms in total. The summed E-state index contributed by atoms with van der Waals surface area (Å²) in [5.41, 5.74) is 1.31. The molecule has 5 heteroatoms. The summed E-state index contributed by atoms with van der Waals surface area (Å²) < 4.78 is 13.4. The van der Waals surface area contributed by atoms with Gasteiger partial charge in [0.15, 0.2) is 0 Å². The number of carboxylic acids is 1. The molecule has 1 aromatic carbocycles. The van der Waals surface area contributed by atoms with Gasteiger partial charge in [0.2, 0.25) is 0 Å². The highest BCUT2D eigenvalue weighted by atomic mass is 19.1. The van der Waals surface area contributed by atoms with Crippen LogP contribution in [0.4, 0.5) is 4.39 Å². The number of unbranched alkanes of at least 4 members (excludes halogenated alkanes) is 1. The predicted molar refractivity (Wildman–Crippen MR) is 69.7 cm³/mol. The van der Waals surface area contributed by atoms with E-state index in [1.165, 1.54) is 12.1 Å². The van der Waals surface area contributed by atoms with Crippen molar-refractivity contribution in [3.8, 4) is 0 Å². The Labute approximate surface area is 111 Å². The number of aryl methyl sites for hydroxylation is 2. The minimum absolute atomic E-state index is 0.102. The highest BCUT2D eigenvalue weighted by molar-refractivity contribution is 5.94. The summed E-state index contributed by atoms with van der Waals surface area (Å²) in [7, 11) is 0. The molecule has 0 aliphatic heterocycles. The van der Waals surface area contributed by atoms with Crippen molar-refractivity contribution in [1.82, 2.24) is 5.32 Å². The summed E-state index contributed by atoms with van der Waals surface area (Å²) in [4.78, 5) is 22.1. The average molecular weight is 267 g/mol. The molecule has 0 saturated heterocycles. The molecular formula is C14H18FNO3. The van der Waals surface area contributed by atoms with E-state index in [2.05, 4.69) is 5.32 Å². The molecule has 0 spiro atoms. The minimum atomic E-state index is -0.837. The third-order valence-electron chi connectivity index (χ3n) is 2.80. The predicted octanol–water partition coefficient (Wildman–Crippen LogP) is 2.43. The maximum Gasteiger partial charge on any atom is 0.303 e. The monoisotopic (exact) mass is 267 g/mol. The second-order valence-corrected chi connectivity index (χ2v) is 4.53. The van der Waals surface area contributed by atoms with Gasteiger partial charge in [-0.3, -0.25) is 9.59 Å². The Hall–Kier alpha value is -1.91. The number of hydrogen-bond acceptors (Lipinski definition) is 2. The van der Waals surface area contributed by atoms with Gasteiger partial charge < -0.3 is 10.4 Å². The van der Waals surface area contributed by atoms with Gasteiger partial charge in [-0.15, -0.1) is 0 Å². The average Bonchev–Trinajstić information content (AvgIpc) is 2.34. The van der Waals surface area contributed by atoms with Crippen LogP contribution in [0.1, 0.15) is 40.7 Å². The fraction of sp³-hybridized carbons (Fsp3) is 0.429. The number of nitrogens with one attached hydrogen (secondary N) is 1. The van der Waals surface area contributed by atoms with Gasteiger partial charge in [0, 0.05) is 18.5 Å². The number of amides is 1. The van der Waals surface area contributed by atoms with Gasteiger partial charge in [0.1, 0.15) is 5.82 Å². The normalized spacial score (nSPS) is 10.3. The first-order chi connectivity index (χ1) is 8.91. The molecule has 0 radical (unpaired) electrons. The lowest BCUT2D eigenvalue weighted by molar-refractivity contribution is -0.137. The van der Waals surface area contributed by atoms with E-state index in [1.807, 2.05) is 0 Å². The zero-order valence-corrected chi connectivity index (χ0v) is 11.1. The van der Waals surface area contributed by atoms with Crippen molar-refractivity contribution in [2.24, 2.45) is 0 Å². The van der Waals surface area contributed by atoms with Crippen molar-refractivity contribution >= 4 is 11.9 Å². The van der Waals surface area contributed by atoms with E-state index >= 15 is 0 Å². The van der Waals surface area contributed by atoms with Crippen LogP contribution >= 0.6 is 0 Å². The fourth-order valence-electron chi connectivity index (χ4n) is 1.78. The third-order valence-corrected chi connectivity index (χ3v) is 2.80. The maximum absolute atomic E-state index is 13.4. The third kappa shape index (κ3) is 4.69. The van der Waals surface area contributed by atoms with Crippen molar-refractivity contribution in [2.75, 3.05) is 6.54 Å². The fourth-order valence-corrected chi connectivity index (χ4v) is 1.78. The van der Waals surface area contributed by atoms with E-state index < -0.39 is 5.97 Å². The lowest BCUT2D eigenvalue weighted by Crippen LogP contribution is -2.24. The number of carboxylic acid groups (broad SMARTS) is 1. The van der Waals surface area contributed by atoms with Crippen molar-refractivity contribution in [3.63, 3.8) is 0 Å². The van der Waals surface area contributed by atoms with Crippen molar-refractivity contribution in [1.29, 1.82) is 0 Å². The van der Waals surface area contributed by atoms with Gasteiger partial charge in [-0.25, -0.2) is 4.39 Å². The summed E-state index contributed by atoms with van der Waals surface area (Å²) in [5.74, 6) is -1.39. The molecule has 0 unspecified atom stereocenters. The van der Waals surface area contributed by atoms with Gasteiger partial charge in [-0.05, 0) is 49.9 Å². The summed E-state index contributed by atoms with van der Waals surface area (Å²) >= 11 is 0. The van der Waals surface area contributed by atoms with Crippen molar-refractivity contribution < 1.29 is 19.1 Å². The Bertz CT molecular complexity index is 463. The standard InChI is InChI=1S/C14H18FNO3/c1-9-7-11(8-10(2)13(9)15)14(19)16-6-4-3-5-12(17)18/h7-8H,3-6H2,1-2H3,(H,16,19)(H,17,18). The van der Waals surface area contributed by atoms with Crippen molar-refractivity contribution in [2.45, 2.75) is 33.1 Å². The molecule has 1 amide bonds. The van der Waals surface area contributed by atoms with Crippen LogP contribution in [0.3, 0.4) is 0 Å². The SMILES string of the molecule is Cc1cc(C(=O)NCCCCC(=O)O)cc(C)c1F. The van der Waals surface area contributed by atoms with E-state index in [-0.39, 0.29) is 18.1 Å². The quantitative estimate of drug-likeness (QED) is 0.778. The molecule has 0 heterocycles. The maximum atomic E-state index is 13.4. The molecule has 0 atom stereocenters. The molecule has 2 N–H and O–H groups in total. The second-order valence-electron chi connectivity index (χ2n) is 4.53. The molecule has 1 aromatic rings. The summed E-state index contributed by atoms with van der Waals surface area (Å²) in [6.45, 7) is 3.65. The largest absolute Gasteiger partial charge is 0.481 e. The topological polar surface area (TPSA) is 66.4 Å². The molecule has 0 aromatic heterocycles. The van der Waals surface area contributed by atoms with Gasteiger partial charge in [0.25, 0.3) is 5.91 Å². The van der Waals surface area contributed by atoms with Crippen LogP contribution in [-0.2, 0) is 4.79 Å². The summed E-state index contributed by atoms with van der Waals surface area (Å²) in [5, 5.41) is 11.2. The van der Waals surface area contributed by atoms with Gasteiger partial charge in [0.05, 0.1) is 0 Å². The number of aliphatic carboxylic acids is 1. The minimum Gasteiger partial charge on any atom is -0.481 e. The smallest absolute Gasteiger partial charge is 0.303 e. The summed E-state index contributed by atoms with van der Waals surface area (Å²) in [6.07, 6.45) is 1.24. The number of carbonyl (C=O) groups excluding carboxylic acids is 1. The number of carbonyl (C=O) groups is 2. The second kappa shape index (κ2) is 6.87. The molecule has 0 aliphatic rings. The Morgan fingerprint density at radius 3 is 2.32 bits per heavy atom. The van der Waals surface area contributed by atoms with Crippen LogP contribution in [0.2, 0.25) is 0 Å². The van der Waals surface area contributed by atoms with Gasteiger partial charge in [-0.2, -0.15) is 0 Å². The first-order valence-electron chi connectivity index (χ1n) is 6.18. The Morgan fingerprint density at radius 1 is 1.21 bits per heavy atom. The van der Waals surface area contributed by atoms with E-state index in [9.17, 15) is 14.0 Å². The first kappa shape index (κ1) is 15.1. The van der Waals surface area contributed by atoms with Gasteiger partial charge >= 0.3 is 5.97 Å². The van der Waals surface area contributed by atoms with E-state index in [1.54, 1.807) is 13.8 Å². The van der Waals surface area contributed by atoms with Crippen LogP contribution in [0, 0.1) is 19.7 Å². The van der Waals surface area contributed by atoms with Crippen LogP contribution < -0.4 is 5.32 Å². The number of hydrogen-bond donors (Lipinski definition) is 2. The molecule has 0 bridgehead atoms. The van der Waals surface area contributed by atoms with E-state index in [4.69, 9.17) is 5.11 Å². The van der Waals surface area contributed by atoms with Crippen LogP contribution in [-0.4, -0.2) is 23.5 Å². The molecule has 0 aliphatic carbocycles. The molecular weight excluding hydrogens is 249 g/mol. The molecule has 19 heavy (non-hydrogen) atoms. The Kier molecular flexibility index (Phi) is 5.48. The first-order valence-corrected chi connectivity index (χ1v) is 6.18. The zero-order valence-electron chi connectivity index (χ0n) is 11.1. The van der Waals surface area contributed by atoms with Crippen LogP contribution in [0.25, 0.3) is 0 Å². The van der Waals surface area contributed by atoms with Crippen LogP contribution in [0.5, 0.6) is 0 Å².